The summed E-state index contributed by atoms with van der Waals surface area (Å²) < 4.78 is 16.3. The number of carbonyl (C=O) groups is 1. The molecule has 1 heterocycles. The minimum Gasteiger partial charge on any atom is -0.447 e. The van der Waals surface area contributed by atoms with E-state index in [1.54, 1.807) is 11.2 Å². The summed E-state index contributed by atoms with van der Waals surface area (Å²) in [6.45, 7) is 5.76. The second-order valence-electron chi connectivity index (χ2n) is 5.30. The molecule has 1 aliphatic rings. The van der Waals surface area contributed by atoms with E-state index in [0.717, 1.165) is 11.3 Å². The second kappa shape index (κ2) is 7.04. The van der Waals surface area contributed by atoms with Crippen LogP contribution in [0.3, 0.4) is 0 Å². The number of cyclic esters (lactones) is 1. The van der Waals surface area contributed by atoms with Crippen molar-refractivity contribution in [3.63, 3.8) is 0 Å². The Bertz CT molecular complexity index is 535. The molecular formula is C15H22N2O3S. The molecule has 3 atom stereocenters. The summed E-state index contributed by atoms with van der Waals surface area (Å²) in [5, 5.41) is 3.50. The molecular weight excluding hydrogens is 288 g/mol. The van der Waals surface area contributed by atoms with E-state index in [1.165, 1.54) is 0 Å². The molecule has 0 bridgehead atoms. The standard InChI is InChI=1S/C15H22N2O3S/c1-11(21(3)19)10-16-12(2)13-5-4-6-14(9-13)17-7-8-20-15(17)18/h4-6,9,11-12,16H,7-8,10H2,1-3H3/t11-,12+,21+/m1/s1. The maximum absolute atomic E-state index is 11.6. The van der Waals surface area contributed by atoms with E-state index in [0.29, 0.717) is 19.7 Å². The predicted octanol–water partition coefficient (Wildman–Crippen LogP) is 2.06. The highest BCUT2D eigenvalue weighted by Crippen LogP contribution is 2.23. The minimum atomic E-state index is -0.826. The van der Waals surface area contributed by atoms with Crippen molar-refractivity contribution in [1.29, 1.82) is 0 Å². The molecule has 1 aromatic rings. The number of ether oxygens (including phenoxy) is 1. The van der Waals surface area contributed by atoms with Gasteiger partial charge in [-0.1, -0.05) is 12.1 Å². The third kappa shape index (κ3) is 4.04. The van der Waals surface area contributed by atoms with Crippen LogP contribution in [-0.2, 0) is 15.5 Å². The van der Waals surface area contributed by atoms with E-state index >= 15 is 0 Å². The molecule has 1 aliphatic heterocycles. The first-order valence-electron chi connectivity index (χ1n) is 7.09. The highest BCUT2D eigenvalue weighted by Gasteiger charge is 2.23. The average molecular weight is 310 g/mol. The number of anilines is 1. The average Bonchev–Trinajstić information content (AvgIpc) is 2.90. The van der Waals surface area contributed by atoms with Gasteiger partial charge in [0, 0.05) is 40.6 Å². The van der Waals surface area contributed by atoms with Crippen LogP contribution in [0.25, 0.3) is 0 Å². The largest absolute Gasteiger partial charge is 0.447 e. The maximum atomic E-state index is 11.6. The Morgan fingerprint density at radius 2 is 2.19 bits per heavy atom. The van der Waals surface area contributed by atoms with Crippen LogP contribution in [0.5, 0.6) is 0 Å². The molecule has 0 unspecified atom stereocenters. The molecule has 0 spiro atoms. The third-order valence-electron chi connectivity index (χ3n) is 3.72. The number of benzene rings is 1. The van der Waals surface area contributed by atoms with E-state index in [-0.39, 0.29) is 17.4 Å². The molecule has 1 N–H and O–H groups in total. The van der Waals surface area contributed by atoms with E-state index in [4.69, 9.17) is 4.74 Å². The van der Waals surface area contributed by atoms with Gasteiger partial charge in [-0.15, -0.1) is 0 Å². The quantitative estimate of drug-likeness (QED) is 0.874. The smallest absolute Gasteiger partial charge is 0.414 e. The summed E-state index contributed by atoms with van der Waals surface area (Å²) in [4.78, 5) is 13.2. The first-order chi connectivity index (χ1) is 9.99. The molecule has 0 radical (unpaired) electrons. The van der Waals surface area contributed by atoms with Crippen molar-refractivity contribution in [2.75, 3.05) is 30.9 Å². The lowest BCUT2D eigenvalue weighted by molar-refractivity contribution is 0.181. The Balaban J connectivity index is 2.03. The molecule has 0 aromatic heterocycles. The maximum Gasteiger partial charge on any atom is 0.414 e. The molecule has 1 fully saturated rings. The lowest BCUT2D eigenvalue weighted by Gasteiger charge is -2.19. The van der Waals surface area contributed by atoms with Crippen LogP contribution >= 0.6 is 0 Å². The van der Waals surface area contributed by atoms with Crippen molar-refractivity contribution in [3.05, 3.63) is 29.8 Å². The van der Waals surface area contributed by atoms with Crippen LogP contribution in [0.1, 0.15) is 25.5 Å². The fourth-order valence-corrected chi connectivity index (χ4v) is 2.50. The number of nitrogens with one attached hydrogen (secondary N) is 1. The number of hydrogen-bond donors (Lipinski definition) is 1. The Hall–Kier alpha value is -1.40. The van der Waals surface area contributed by atoms with Crippen molar-refractivity contribution in [2.24, 2.45) is 0 Å². The van der Waals surface area contributed by atoms with E-state index < -0.39 is 10.8 Å². The Kier molecular flexibility index (Phi) is 5.36. The molecule has 1 aromatic carbocycles. The lowest BCUT2D eigenvalue weighted by Crippen LogP contribution is -2.30. The predicted molar refractivity (Wildman–Crippen MR) is 85.1 cm³/mol. The molecule has 0 aliphatic carbocycles. The van der Waals surface area contributed by atoms with Gasteiger partial charge in [0.15, 0.2) is 0 Å². The number of carbonyl (C=O) groups excluding carboxylic acids is 1. The third-order valence-corrected chi connectivity index (χ3v) is 5.02. The zero-order valence-corrected chi connectivity index (χ0v) is 13.5. The topological polar surface area (TPSA) is 58.6 Å². The Morgan fingerprint density at radius 3 is 2.81 bits per heavy atom. The number of nitrogens with zero attached hydrogens (tertiary/aromatic N) is 1. The van der Waals surface area contributed by atoms with E-state index in [1.807, 2.05) is 31.2 Å². The second-order valence-corrected chi connectivity index (χ2v) is 7.10. The fraction of sp³-hybridized carbons (Fsp3) is 0.533. The molecule has 21 heavy (non-hydrogen) atoms. The summed E-state index contributed by atoms with van der Waals surface area (Å²) in [5.74, 6) is 0. The lowest BCUT2D eigenvalue weighted by atomic mass is 10.1. The van der Waals surface area contributed by atoms with Crippen molar-refractivity contribution in [1.82, 2.24) is 5.32 Å². The summed E-state index contributed by atoms with van der Waals surface area (Å²) in [5.41, 5.74) is 1.96. The van der Waals surface area contributed by atoms with Crippen LogP contribution in [0.2, 0.25) is 0 Å². The molecule has 1 saturated heterocycles. The first kappa shape index (κ1) is 16.0. The molecule has 1 amide bonds. The van der Waals surface area contributed by atoms with Gasteiger partial charge in [-0.05, 0) is 31.5 Å². The van der Waals surface area contributed by atoms with Crippen LogP contribution in [0, 0.1) is 0 Å². The van der Waals surface area contributed by atoms with Crippen molar-refractivity contribution >= 4 is 22.6 Å². The molecule has 5 nitrogen and oxygen atoms in total. The number of hydrogen-bond acceptors (Lipinski definition) is 4. The highest BCUT2D eigenvalue weighted by molar-refractivity contribution is 7.84. The normalized spacial score (nSPS) is 19.2. The van der Waals surface area contributed by atoms with Gasteiger partial charge in [0.05, 0.1) is 6.54 Å². The van der Waals surface area contributed by atoms with Gasteiger partial charge in [0.1, 0.15) is 6.61 Å². The summed E-state index contributed by atoms with van der Waals surface area (Å²) in [7, 11) is -0.826. The molecule has 2 rings (SSSR count). The number of amides is 1. The van der Waals surface area contributed by atoms with Gasteiger partial charge in [0.25, 0.3) is 0 Å². The molecule has 0 saturated carbocycles. The fourth-order valence-electron chi connectivity index (χ4n) is 2.17. The van der Waals surface area contributed by atoms with Crippen molar-refractivity contribution < 1.29 is 13.7 Å². The zero-order chi connectivity index (χ0) is 15.4. The Morgan fingerprint density at radius 1 is 1.43 bits per heavy atom. The van der Waals surface area contributed by atoms with Gasteiger partial charge in [0.2, 0.25) is 0 Å². The van der Waals surface area contributed by atoms with Crippen molar-refractivity contribution in [3.8, 4) is 0 Å². The number of rotatable bonds is 6. The highest BCUT2D eigenvalue weighted by atomic mass is 32.2. The van der Waals surface area contributed by atoms with Gasteiger partial charge in [-0.3, -0.25) is 9.11 Å². The monoisotopic (exact) mass is 310 g/mol. The summed E-state index contributed by atoms with van der Waals surface area (Å²) in [6.07, 6.45) is 1.43. The van der Waals surface area contributed by atoms with E-state index in [2.05, 4.69) is 12.2 Å². The van der Waals surface area contributed by atoms with Gasteiger partial charge >= 0.3 is 6.09 Å². The Labute approximate surface area is 128 Å². The van der Waals surface area contributed by atoms with Crippen LogP contribution in [0.4, 0.5) is 10.5 Å². The molecule has 6 heteroatoms. The SMILES string of the molecule is C[C@H](NC[C@@H](C)[S@](C)=O)c1cccc(N2CCOC2=O)c1. The van der Waals surface area contributed by atoms with E-state index in [9.17, 15) is 9.00 Å². The summed E-state index contributed by atoms with van der Waals surface area (Å²) in [6, 6.07) is 8.01. The van der Waals surface area contributed by atoms with Crippen LogP contribution in [-0.4, -0.2) is 41.5 Å². The van der Waals surface area contributed by atoms with Crippen molar-refractivity contribution in [2.45, 2.75) is 25.1 Å². The zero-order valence-electron chi connectivity index (χ0n) is 12.7. The first-order valence-corrected chi connectivity index (χ1v) is 8.71. The van der Waals surface area contributed by atoms with Crippen LogP contribution < -0.4 is 10.2 Å². The van der Waals surface area contributed by atoms with Gasteiger partial charge in [-0.25, -0.2) is 4.79 Å². The summed E-state index contributed by atoms with van der Waals surface area (Å²) >= 11 is 0. The van der Waals surface area contributed by atoms with Gasteiger partial charge in [-0.2, -0.15) is 0 Å². The van der Waals surface area contributed by atoms with Crippen LogP contribution in [0.15, 0.2) is 24.3 Å². The molecule has 116 valence electrons. The minimum absolute atomic E-state index is 0.115. The van der Waals surface area contributed by atoms with Gasteiger partial charge < -0.3 is 10.1 Å².